The molecule has 0 fully saturated rings. The van der Waals surface area contributed by atoms with Gasteiger partial charge in [-0.2, -0.15) is 0 Å². The van der Waals surface area contributed by atoms with Crippen LogP contribution in [0.1, 0.15) is 18.9 Å². The summed E-state index contributed by atoms with van der Waals surface area (Å²) in [5, 5.41) is 14.9. The Morgan fingerprint density at radius 2 is 2.05 bits per heavy atom. The summed E-state index contributed by atoms with van der Waals surface area (Å²) in [6.07, 6.45) is 0.789. The highest BCUT2D eigenvalue weighted by Crippen LogP contribution is 2.16. The molecule has 1 amide bonds. The van der Waals surface area contributed by atoms with Gasteiger partial charge in [0, 0.05) is 5.69 Å². The van der Waals surface area contributed by atoms with Crippen molar-refractivity contribution < 1.29 is 9.18 Å². The quantitative estimate of drug-likeness (QED) is 0.889. The zero-order valence-corrected chi connectivity index (χ0v) is 12.0. The number of rotatable bonds is 5. The molecule has 5 nitrogen and oxygen atoms in total. The van der Waals surface area contributed by atoms with Crippen LogP contribution in [0.4, 0.5) is 15.2 Å². The summed E-state index contributed by atoms with van der Waals surface area (Å²) in [6, 6.07) is 5.38. The SMILES string of the molecule is CCc1nnc(NC(=O)[C@@H](C)Nc2ccc(F)cc2)s1. The third-order valence-electron chi connectivity index (χ3n) is 2.62. The topological polar surface area (TPSA) is 66.9 Å². The van der Waals surface area contributed by atoms with E-state index in [1.54, 1.807) is 19.1 Å². The van der Waals surface area contributed by atoms with E-state index < -0.39 is 6.04 Å². The van der Waals surface area contributed by atoms with Gasteiger partial charge in [-0.25, -0.2) is 4.39 Å². The molecule has 20 heavy (non-hydrogen) atoms. The molecular weight excluding hydrogens is 279 g/mol. The lowest BCUT2D eigenvalue weighted by Gasteiger charge is -2.13. The maximum absolute atomic E-state index is 12.8. The van der Waals surface area contributed by atoms with Gasteiger partial charge < -0.3 is 5.32 Å². The molecule has 0 radical (unpaired) electrons. The van der Waals surface area contributed by atoms with E-state index in [1.807, 2.05) is 6.92 Å². The summed E-state index contributed by atoms with van der Waals surface area (Å²) in [5.74, 6) is -0.526. The fourth-order valence-electron chi connectivity index (χ4n) is 1.52. The van der Waals surface area contributed by atoms with Gasteiger partial charge in [-0.3, -0.25) is 10.1 Å². The van der Waals surface area contributed by atoms with E-state index in [4.69, 9.17) is 0 Å². The van der Waals surface area contributed by atoms with Crippen LogP contribution < -0.4 is 10.6 Å². The van der Waals surface area contributed by atoms with E-state index in [9.17, 15) is 9.18 Å². The first-order chi connectivity index (χ1) is 9.58. The molecule has 0 aliphatic heterocycles. The average molecular weight is 294 g/mol. The maximum atomic E-state index is 12.8. The summed E-state index contributed by atoms with van der Waals surface area (Å²) < 4.78 is 12.8. The van der Waals surface area contributed by atoms with E-state index in [2.05, 4.69) is 20.8 Å². The molecule has 1 heterocycles. The highest BCUT2D eigenvalue weighted by Gasteiger charge is 2.14. The molecule has 0 spiro atoms. The van der Waals surface area contributed by atoms with Crippen molar-refractivity contribution >= 4 is 28.1 Å². The molecule has 7 heteroatoms. The first-order valence-electron chi connectivity index (χ1n) is 6.24. The van der Waals surface area contributed by atoms with Gasteiger partial charge >= 0.3 is 0 Å². The van der Waals surface area contributed by atoms with Gasteiger partial charge in [-0.05, 0) is 37.6 Å². The first-order valence-corrected chi connectivity index (χ1v) is 7.05. The Bertz CT molecular complexity index is 584. The molecule has 2 aromatic rings. The van der Waals surface area contributed by atoms with Crippen molar-refractivity contribution in [3.63, 3.8) is 0 Å². The van der Waals surface area contributed by atoms with Crippen LogP contribution in [-0.4, -0.2) is 22.1 Å². The highest BCUT2D eigenvalue weighted by molar-refractivity contribution is 7.15. The fourth-order valence-corrected chi connectivity index (χ4v) is 2.20. The van der Waals surface area contributed by atoms with Gasteiger partial charge in [0.25, 0.3) is 0 Å². The second-order valence-electron chi connectivity index (χ2n) is 4.22. The summed E-state index contributed by atoms with van der Waals surface area (Å²) >= 11 is 1.36. The minimum Gasteiger partial charge on any atom is -0.374 e. The van der Waals surface area contributed by atoms with Crippen molar-refractivity contribution in [1.29, 1.82) is 0 Å². The normalized spacial score (nSPS) is 11.9. The van der Waals surface area contributed by atoms with E-state index in [1.165, 1.54) is 23.5 Å². The lowest BCUT2D eigenvalue weighted by atomic mass is 10.2. The molecule has 0 saturated carbocycles. The lowest BCUT2D eigenvalue weighted by molar-refractivity contribution is -0.116. The number of aromatic nitrogens is 2. The largest absolute Gasteiger partial charge is 0.374 e. The number of hydrogen-bond donors (Lipinski definition) is 2. The zero-order valence-electron chi connectivity index (χ0n) is 11.2. The number of aryl methyl sites for hydroxylation is 1. The van der Waals surface area contributed by atoms with Crippen molar-refractivity contribution in [2.45, 2.75) is 26.3 Å². The smallest absolute Gasteiger partial charge is 0.248 e. The highest BCUT2D eigenvalue weighted by atomic mass is 32.1. The van der Waals surface area contributed by atoms with Crippen molar-refractivity contribution in [3.8, 4) is 0 Å². The van der Waals surface area contributed by atoms with Crippen LogP contribution in [0.15, 0.2) is 24.3 Å². The van der Waals surface area contributed by atoms with Crippen LogP contribution in [-0.2, 0) is 11.2 Å². The number of benzene rings is 1. The molecule has 0 unspecified atom stereocenters. The fraction of sp³-hybridized carbons (Fsp3) is 0.308. The molecule has 1 aromatic carbocycles. The van der Waals surface area contributed by atoms with Crippen LogP contribution in [0.2, 0.25) is 0 Å². The van der Waals surface area contributed by atoms with Gasteiger partial charge in [0.05, 0.1) is 0 Å². The molecule has 0 aliphatic rings. The number of carbonyl (C=O) groups is 1. The van der Waals surface area contributed by atoms with E-state index >= 15 is 0 Å². The van der Waals surface area contributed by atoms with Gasteiger partial charge in [0.15, 0.2) is 0 Å². The average Bonchev–Trinajstić information content (AvgIpc) is 2.89. The minimum absolute atomic E-state index is 0.215. The number of hydrogen-bond acceptors (Lipinski definition) is 5. The second-order valence-corrected chi connectivity index (χ2v) is 5.28. The van der Waals surface area contributed by atoms with Crippen molar-refractivity contribution in [2.24, 2.45) is 0 Å². The molecule has 1 aromatic heterocycles. The van der Waals surface area contributed by atoms with Crippen molar-refractivity contribution in [2.75, 3.05) is 10.6 Å². The van der Waals surface area contributed by atoms with Crippen LogP contribution in [0.3, 0.4) is 0 Å². The predicted molar refractivity (Wildman–Crippen MR) is 77.4 cm³/mol. The van der Waals surface area contributed by atoms with Crippen LogP contribution in [0.25, 0.3) is 0 Å². The number of anilines is 2. The van der Waals surface area contributed by atoms with E-state index in [0.29, 0.717) is 10.8 Å². The van der Waals surface area contributed by atoms with Gasteiger partial charge in [-0.1, -0.05) is 18.3 Å². The molecule has 0 saturated heterocycles. The monoisotopic (exact) mass is 294 g/mol. The molecule has 0 aliphatic carbocycles. The van der Waals surface area contributed by atoms with E-state index in [0.717, 1.165) is 11.4 Å². The summed E-state index contributed by atoms with van der Waals surface area (Å²) in [4.78, 5) is 12.0. The molecule has 1 atom stereocenters. The number of nitrogens with zero attached hydrogens (tertiary/aromatic N) is 2. The Morgan fingerprint density at radius 1 is 1.35 bits per heavy atom. The molecule has 2 N–H and O–H groups in total. The summed E-state index contributed by atoms with van der Waals surface area (Å²) in [5.41, 5.74) is 0.681. The van der Waals surface area contributed by atoms with E-state index in [-0.39, 0.29) is 11.7 Å². The van der Waals surface area contributed by atoms with Gasteiger partial charge in [0.2, 0.25) is 11.0 Å². The number of halogens is 1. The second kappa shape index (κ2) is 6.42. The van der Waals surface area contributed by atoms with Crippen molar-refractivity contribution in [3.05, 3.63) is 35.1 Å². The zero-order chi connectivity index (χ0) is 14.5. The van der Waals surface area contributed by atoms with Gasteiger partial charge in [-0.15, -0.1) is 10.2 Å². The van der Waals surface area contributed by atoms with Gasteiger partial charge in [0.1, 0.15) is 16.9 Å². The Morgan fingerprint density at radius 3 is 2.65 bits per heavy atom. The third-order valence-corrected chi connectivity index (χ3v) is 3.60. The maximum Gasteiger partial charge on any atom is 0.248 e. The molecule has 106 valence electrons. The van der Waals surface area contributed by atoms with Crippen molar-refractivity contribution in [1.82, 2.24) is 10.2 Å². The van der Waals surface area contributed by atoms with Crippen LogP contribution in [0.5, 0.6) is 0 Å². The number of amides is 1. The summed E-state index contributed by atoms with van der Waals surface area (Å²) in [7, 11) is 0. The number of nitrogens with one attached hydrogen (secondary N) is 2. The molecular formula is C13H15FN4OS. The third kappa shape index (κ3) is 3.74. The van der Waals surface area contributed by atoms with Crippen LogP contribution >= 0.6 is 11.3 Å². The Labute approximate surface area is 120 Å². The standard InChI is InChI=1S/C13H15FN4OS/c1-3-11-17-18-13(20-11)16-12(19)8(2)15-10-6-4-9(14)5-7-10/h4-8,15H,3H2,1-2H3,(H,16,18,19)/t8-/m1/s1. The predicted octanol–water partition coefficient (Wildman–Crippen LogP) is 2.68. The Kier molecular flexibility index (Phi) is 4.62. The molecule has 2 rings (SSSR count). The molecule has 0 bridgehead atoms. The van der Waals surface area contributed by atoms with Crippen LogP contribution in [0, 0.1) is 5.82 Å². The minimum atomic E-state index is -0.463. The number of carbonyl (C=O) groups excluding carboxylic acids is 1. The first kappa shape index (κ1) is 14.4. The Balaban J connectivity index is 1.93. The lowest BCUT2D eigenvalue weighted by Crippen LogP contribution is -2.31. The Hall–Kier alpha value is -2.02. The summed E-state index contributed by atoms with van der Waals surface area (Å²) in [6.45, 7) is 3.70.